The van der Waals surface area contributed by atoms with Crippen molar-refractivity contribution < 1.29 is 65.8 Å². The number of benzene rings is 9. The van der Waals surface area contributed by atoms with Crippen molar-refractivity contribution in [3.8, 4) is 0 Å². The summed E-state index contributed by atoms with van der Waals surface area (Å²) in [6, 6.07) is -13.0. The zero-order valence-corrected chi connectivity index (χ0v) is 69.5. The Morgan fingerprint density at radius 3 is 0.930 bits per heavy atom. The van der Waals surface area contributed by atoms with Crippen molar-refractivity contribution in [2.45, 2.75) is 309 Å². The standard InChI is InChI=1S/C106H124B2N4S2/c1-95(2,3)61-29-33-65(34-30-61)109-81-60-82-80(59-79(81)107-89-83(109)49-63(97(7,8)9)51-85(89)111(67-37-39-71-73(53-67)101(17,18)43-41-99(71,13)14)91-69-55-75-77(57-87(69)113-93(91)107)105(25,26)47-45-103(75,21)22)108-90-84(110(82)66-35-31-62(32-36-66)96(4,5)6)50-64(98(10,11)12)52-86(90)112(68-38-40-72-74(54-68)102(19,20)44-42-100(72,15)16)92-70-56-76-78(58-88(70)114-94(92)108)106(27,28)48-46-104(76,23)24/h29-40,49-60H,41-48H2,1-28H3/i1D3,2D3,3D3,4D3,5D3,6D3,7D3,8D3,10D3,11D3,29D,30D,31D,32D,33D,34D,35D,36D,49D,50D,51D,52D,55D,56D,57D,58D,59D,60D. The number of thiophene rings is 2. The molecule has 0 spiro atoms. The smallest absolute Gasteiger partial charge is 0.264 e. The number of nitrogens with zero attached hydrogens (tertiary/aromatic N) is 4. The summed E-state index contributed by atoms with van der Waals surface area (Å²) in [7, 11) is 0. The van der Waals surface area contributed by atoms with Gasteiger partial charge in [-0.1, -0.05) is 235 Å². The van der Waals surface area contributed by atoms with E-state index in [2.05, 4.69) is 0 Å². The van der Waals surface area contributed by atoms with Crippen LogP contribution in [0.5, 0.6) is 0 Å². The van der Waals surface area contributed by atoms with Crippen LogP contribution in [0.2, 0.25) is 0 Å². The van der Waals surface area contributed by atoms with E-state index in [0.717, 1.165) is 33.8 Å². The maximum absolute atomic E-state index is 12.8. The molecule has 0 unspecified atom stereocenters. The average Bonchev–Trinajstić information content (AvgIpc) is 1.23. The Balaban J connectivity index is 1.18. The zero-order chi connectivity index (χ0) is 122. The molecule has 8 aliphatic rings. The van der Waals surface area contributed by atoms with Crippen LogP contribution in [-0.4, -0.2) is 13.4 Å². The summed E-state index contributed by atoms with van der Waals surface area (Å²) < 4.78 is 486. The van der Waals surface area contributed by atoms with Gasteiger partial charge in [0, 0.05) is 128 Å². The minimum Gasteiger partial charge on any atom is -0.311 e. The van der Waals surface area contributed by atoms with Crippen LogP contribution in [0.4, 0.5) is 68.2 Å². The number of anilines is 12. The van der Waals surface area contributed by atoms with E-state index < -0.39 is 321 Å². The number of fused-ring (bicyclic) bond motifs is 16. The van der Waals surface area contributed by atoms with Gasteiger partial charge in [0.1, 0.15) is 0 Å². The van der Waals surface area contributed by atoms with Gasteiger partial charge in [-0.3, -0.25) is 0 Å². The van der Waals surface area contributed by atoms with Crippen molar-refractivity contribution in [2.75, 3.05) is 19.6 Å². The van der Waals surface area contributed by atoms with Crippen molar-refractivity contribution in [3.05, 3.63) is 212 Å². The fourth-order valence-electron chi connectivity index (χ4n) is 19.6. The second kappa shape index (κ2) is 24.0. The Labute approximate surface area is 760 Å². The van der Waals surface area contributed by atoms with Crippen LogP contribution in [0.1, 0.15) is 377 Å². The Morgan fingerprint density at radius 1 is 0.307 bits per heavy atom. The molecule has 0 N–H and O–H groups in total. The summed E-state index contributed by atoms with van der Waals surface area (Å²) >= 11 is 1.55. The van der Waals surface area contributed by atoms with Crippen molar-refractivity contribution >= 4 is 156 Å². The quantitative estimate of drug-likeness (QED) is 0.163. The van der Waals surface area contributed by atoms with E-state index in [0.29, 0.717) is 108 Å². The SMILES string of the molecule is [2H]c1c2c(c([2H])c3c1B1c4sc5c([2H])c6c(c([2H])c5c4N(c4ccc5c(c4)C(C)(C)CCC5(C)C)c4c([2H])c(C(C)(C([2H])([2H])[2H])C([2H])([2H])[2H])c([2H])c(c41)N3c1c([2H])c([2H])c(C(C([2H])([2H])[2H])(C([2H])([2H])[2H])C([2H])([2H])[2H])c([2H])c1[2H])C(C)(C)CCC6(C)C)N(c1c([2H])c([2H])c(C(C([2H])([2H])[2H])(C([2H])([2H])[2H])C([2H])([2H])[2H])c([2H])c1[2H])c1c([2H])c(C(C)(C([2H])([2H])[2H])C([2H])([2H])[2H])c([2H])c3c1B2c1sc2c([2H])c4c(c([2H])c2c1N3c1ccc2c(c1)C(C)(C)CCC2(C)C)C(C)(C)CCC4(C)C. The Hall–Kier alpha value is -7.77. The molecular formula is C106H124B2N4S2. The lowest BCUT2D eigenvalue weighted by molar-refractivity contribution is 0.332. The van der Waals surface area contributed by atoms with E-state index in [1.807, 2.05) is 111 Å². The molecule has 2 aromatic heterocycles. The first-order valence-electron chi connectivity index (χ1n) is 63.5. The predicted molar refractivity (Wildman–Crippen MR) is 501 cm³/mol. The number of rotatable bonds is 4. The molecule has 11 aromatic rings. The third-order valence-corrected chi connectivity index (χ3v) is 29.2. The minimum absolute atomic E-state index is 0.000614. The van der Waals surface area contributed by atoms with E-state index in [9.17, 15) is 65.8 Å². The van der Waals surface area contributed by atoms with Crippen molar-refractivity contribution in [1.82, 2.24) is 0 Å². The van der Waals surface area contributed by atoms with Crippen LogP contribution < -0.4 is 51.0 Å². The highest BCUT2D eigenvalue weighted by Gasteiger charge is 2.53. The van der Waals surface area contributed by atoms with Gasteiger partial charge >= 0.3 is 0 Å². The second-order valence-corrected chi connectivity index (χ2v) is 41.3. The van der Waals surface area contributed by atoms with Gasteiger partial charge in [-0.15, -0.1) is 22.7 Å². The molecule has 0 bridgehead atoms. The first kappa shape index (κ1) is 39.7. The molecule has 6 heterocycles. The van der Waals surface area contributed by atoms with Crippen molar-refractivity contribution in [3.63, 3.8) is 0 Å². The van der Waals surface area contributed by atoms with Crippen LogP contribution >= 0.6 is 22.7 Å². The maximum Gasteiger partial charge on any atom is 0.264 e. The summed E-state index contributed by atoms with van der Waals surface area (Å²) in [6.45, 7) is -15.3. The van der Waals surface area contributed by atoms with Gasteiger partial charge in [-0.05, 0) is 308 Å². The molecule has 114 heavy (non-hydrogen) atoms. The van der Waals surface area contributed by atoms with E-state index in [1.165, 1.54) is 9.80 Å². The fourth-order valence-corrected chi connectivity index (χ4v) is 22.1. The lowest BCUT2D eigenvalue weighted by Gasteiger charge is -2.48. The van der Waals surface area contributed by atoms with Crippen LogP contribution in [-0.2, 0) is 65.0 Å². The van der Waals surface area contributed by atoms with Crippen LogP contribution in [0, 0.1) is 0 Å². The highest BCUT2D eigenvalue weighted by Crippen LogP contribution is 2.60. The first-order valence-corrected chi connectivity index (χ1v) is 41.2. The monoisotopic (exact) mass is 1590 g/mol. The normalized spacial score (nSPS) is 27.1. The largest absolute Gasteiger partial charge is 0.311 e. The minimum atomic E-state index is -4.53. The van der Waals surface area contributed by atoms with Gasteiger partial charge in [0.2, 0.25) is 0 Å². The van der Waals surface area contributed by atoms with Crippen LogP contribution in [0.25, 0.3) is 20.2 Å². The molecular weight excluding hydrogens is 1410 g/mol. The molecule has 19 rings (SSSR count). The second-order valence-electron chi connectivity index (χ2n) is 39.2. The molecule has 0 saturated heterocycles. The third kappa shape index (κ3) is 11.2. The zero-order valence-electron chi connectivity index (χ0n) is 116. The van der Waals surface area contributed by atoms with Gasteiger partial charge in [-0.2, -0.15) is 0 Å². The van der Waals surface area contributed by atoms with E-state index in [4.69, 9.17) is 0 Å². The molecule has 4 nitrogen and oxygen atoms in total. The number of hydrogen-bond acceptors (Lipinski definition) is 6. The molecule has 8 heteroatoms. The lowest BCUT2D eigenvalue weighted by atomic mass is 9.32. The summed E-state index contributed by atoms with van der Waals surface area (Å²) in [5.74, 6) is 0. The molecule has 4 aliphatic heterocycles. The van der Waals surface area contributed by atoms with Gasteiger partial charge < -0.3 is 19.6 Å². The molecule has 586 valence electrons. The van der Waals surface area contributed by atoms with Gasteiger partial charge in [0.15, 0.2) is 0 Å². The fraction of sp³-hybridized carbons (Fsp3) is 0.453. The summed E-state index contributed by atoms with van der Waals surface area (Å²) in [5.41, 5.74) is -38.1. The molecule has 4 aliphatic carbocycles. The Bertz CT molecular complexity index is 7710. The lowest BCUT2D eigenvalue weighted by Crippen LogP contribution is -2.64. The highest BCUT2D eigenvalue weighted by atomic mass is 32.1. The van der Waals surface area contributed by atoms with Crippen LogP contribution in [0.3, 0.4) is 0 Å². The Morgan fingerprint density at radius 2 is 0.605 bits per heavy atom. The topological polar surface area (TPSA) is 13.0 Å². The van der Waals surface area contributed by atoms with Crippen molar-refractivity contribution in [2.24, 2.45) is 0 Å². The van der Waals surface area contributed by atoms with Gasteiger partial charge in [-0.25, -0.2) is 0 Å². The molecule has 0 amide bonds. The number of hydrogen-bond donors (Lipinski definition) is 0. The molecule has 0 fully saturated rings. The Kier molecular flexibility index (Phi) is 8.35. The summed E-state index contributed by atoms with van der Waals surface area (Å²) in [4.78, 5) is 3.76. The molecule has 0 atom stereocenters. The molecule has 0 saturated carbocycles. The summed E-state index contributed by atoms with van der Waals surface area (Å²) in [5, 5.41) is -0.228. The first-order chi connectivity index (χ1) is 73.1. The van der Waals surface area contributed by atoms with Crippen molar-refractivity contribution in [1.29, 1.82) is 0 Å². The predicted octanol–water partition coefficient (Wildman–Crippen LogP) is 26.9. The van der Waals surface area contributed by atoms with Gasteiger partial charge in [0.25, 0.3) is 13.4 Å². The van der Waals surface area contributed by atoms with E-state index in [1.54, 1.807) is 36.4 Å². The van der Waals surface area contributed by atoms with Crippen LogP contribution in [0.15, 0.2) is 145 Å². The summed E-state index contributed by atoms with van der Waals surface area (Å²) in [6.07, 6.45) is 3.72. The maximum atomic E-state index is 12.8. The van der Waals surface area contributed by atoms with E-state index >= 15 is 0 Å². The highest BCUT2D eigenvalue weighted by molar-refractivity contribution is 7.35. The van der Waals surface area contributed by atoms with Gasteiger partial charge in [0.05, 0.1) is 36.0 Å². The average molecular weight is 1590 g/mol. The molecule has 9 aromatic carbocycles. The third-order valence-electron chi connectivity index (χ3n) is 26.8. The van der Waals surface area contributed by atoms with E-state index in [-0.39, 0.29) is 76.6 Å². The molecule has 0 radical (unpaired) electrons.